The van der Waals surface area contributed by atoms with E-state index in [9.17, 15) is 4.57 Å². The van der Waals surface area contributed by atoms with Crippen molar-refractivity contribution in [1.82, 2.24) is 0 Å². The quantitative estimate of drug-likeness (QED) is 0.468. The molecule has 1 aliphatic rings. The molecule has 0 saturated carbocycles. The molecule has 1 saturated heterocycles. The van der Waals surface area contributed by atoms with E-state index in [1.807, 2.05) is 0 Å². The molecule has 7 heteroatoms. The van der Waals surface area contributed by atoms with E-state index in [1.54, 1.807) is 0 Å². The minimum atomic E-state index is -4.39. The van der Waals surface area contributed by atoms with Crippen molar-refractivity contribution in [2.75, 3.05) is 6.61 Å². The van der Waals surface area contributed by atoms with Crippen LogP contribution < -0.4 is 0 Å². The van der Waals surface area contributed by atoms with E-state index in [1.165, 1.54) is 0 Å². The molecule has 0 bridgehead atoms. The summed E-state index contributed by atoms with van der Waals surface area (Å²) in [6, 6.07) is 0. The van der Waals surface area contributed by atoms with Gasteiger partial charge in [0.25, 0.3) is 0 Å². The number of phosphoric ester groups is 1. The fourth-order valence-electron chi connectivity index (χ4n) is 1.23. The van der Waals surface area contributed by atoms with E-state index in [2.05, 4.69) is 4.52 Å². The van der Waals surface area contributed by atoms with Crippen LogP contribution in [0.2, 0.25) is 0 Å². The van der Waals surface area contributed by atoms with Crippen molar-refractivity contribution in [2.24, 2.45) is 0 Å². The monoisotopic (exact) mass is 212 g/mol. The van der Waals surface area contributed by atoms with Gasteiger partial charge in [0.2, 0.25) is 0 Å². The number of phosphoric acid groups is 1. The average Bonchev–Trinajstić information content (AvgIpc) is 1.83. The Morgan fingerprint density at radius 2 is 2.17 bits per heavy atom. The predicted octanol–water partition coefficient (Wildman–Crippen LogP) is -0.685. The molecular weight excluding hydrogens is 199 g/mol. The van der Waals surface area contributed by atoms with E-state index < -0.39 is 13.2 Å². The molecule has 0 aromatic carbocycles. The largest absolute Gasteiger partial charge is 0.471 e. The second-order valence-electron chi connectivity index (χ2n) is 3.02. The Labute approximate surface area is 73.7 Å². The maximum Gasteiger partial charge on any atom is 0.471 e. The molecule has 0 aliphatic carbocycles. The molecule has 72 valence electrons. The first-order chi connectivity index (χ1) is 5.41. The van der Waals surface area contributed by atoms with Crippen LogP contribution in [0.4, 0.5) is 0 Å². The van der Waals surface area contributed by atoms with Crippen molar-refractivity contribution in [1.29, 1.82) is 0 Å². The Bertz CT molecular complexity index is 196. The zero-order valence-electron chi connectivity index (χ0n) is 6.89. The zero-order valence-corrected chi connectivity index (χ0v) is 9.79. The topological polar surface area (TPSA) is 76.0 Å². The SMILES string of the molecule is O=P(O)(O)OC1([SiH3])CCCCO1. The number of hydrogen-bond acceptors (Lipinski definition) is 3. The third-order valence-corrected chi connectivity index (χ3v) is 3.71. The molecule has 0 radical (unpaired) electrons. The molecule has 1 heterocycles. The van der Waals surface area contributed by atoms with Gasteiger partial charge in [0.05, 0.1) is 10.2 Å². The highest BCUT2D eigenvalue weighted by Gasteiger charge is 2.35. The molecule has 1 atom stereocenters. The van der Waals surface area contributed by atoms with Crippen LogP contribution >= 0.6 is 7.82 Å². The third-order valence-electron chi connectivity index (χ3n) is 1.74. The van der Waals surface area contributed by atoms with Gasteiger partial charge in [-0.3, -0.25) is 4.52 Å². The Morgan fingerprint density at radius 1 is 1.50 bits per heavy atom. The molecule has 1 rings (SSSR count). The first-order valence-electron chi connectivity index (χ1n) is 3.82. The van der Waals surface area contributed by atoms with Crippen LogP contribution in [0.25, 0.3) is 0 Å². The summed E-state index contributed by atoms with van der Waals surface area (Å²) in [6.45, 7) is 0.531. The van der Waals surface area contributed by atoms with Gasteiger partial charge in [-0.1, -0.05) is 0 Å². The predicted molar refractivity (Wildman–Crippen MR) is 45.6 cm³/mol. The van der Waals surface area contributed by atoms with Crippen LogP contribution in [0, 0.1) is 0 Å². The van der Waals surface area contributed by atoms with Crippen molar-refractivity contribution in [3.05, 3.63) is 0 Å². The van der Waals surface area contributed by atoms with Gasteiger partial charge in [0, 0.05) is 6.61 Å². The van der Waals surface area contributed by atoms with Crippen molar-refractivity contribution < 1.29 is 23.6 Å². The lowest BCUT2D eigenvalue weighted by molar-refractivity contribution is -0.152. The van der Waals surface area contributed by atoms with E-state index in [0.717, 1.165) is 12.8 Å². The summed E-state index contributed by atoms with van der Waals surface area (Å²) in [5.74, 6) is 0. The van der Waals surface area contributed by atoms with Crippen molar-refractivity contribution >= 4 is 18.1 Å². The minimum Gasteiger partial charge on any atom is -0.354 e. The molecular formula is C5H13O5PSi. The first-order valence-corrected chi connectivity index (χ1v) is 6.35. The molecule has 0 spiro atoms. The van der Waals surface area contributed by atoms with Gasteiger partial charge in [0.15, 0.2) is 5.41 Å². The number of hydrogen-bond donors (Lipinski definition) is 2. The highest BCUT2D eigenvalue weighted by Crippen LogP contribution is 2.43. The first kappa shape index (κ1) is 10.4. The van der Waals surface area contributed by atoms with Crippen molar-refractivity contribution in [2.45, 2.75) is 24.7 Å². The molecule has 1 unspecified atom stereocenters. The standard InChI is InChI=1S/C5H13O5PSi/c6-11(7,8)10-5(12)3-1-2-4-9-5/h1-4H2,12H3,(H2,6,7,8). The maximum atomic E-state index is 10.5. The van der Waals surface area contributed by atoms with E-state index in [0.29, 0.717) is 23.3 Å². The lowest BCUT2D eigenvalue weighted by Gasteiger charge is -2.33. The highest BCUT2D eigenvalue weighted by atomic mass is 31.2. The summed E-state index contributed by atoms with van der Waals surface area (Å²) in [6.07, 6.45) is 2.43. The summed E-state index contributed by atoms with van der Waals surface area (Å²) in [4.78, 5) is 17.1. The molecule has 2 N–H and O–H groups in total. The minimum absolute atomic E-state index is 0.474. The molecule has 0 aromatic heterocycles. The summed E-state index contributed by atoms with van der Waals surface area (Å²) in [5, 5.41) is 0. The van der Waals surface area contributed by atoms with E-state index >= 15 is 0 Å². The van der Waals surface area contributed by atoms with Crippen molar-refractivity contribution in [3.8, 4) is 0 Å². The van der Waals surface area contributed by atoms with E-state index in [-0.39, 0.29) is 0 Å². The highest BCUT2D eigenvalue weighted by molar-refractivity contribution is 7.46. The van der Waals surface area contributed by atoms with Gasteiger partial charge in [-0.15, -0.1) is 0 Å². The summed E-state index contributed by atoms with van der Waals surface area (Å²) in [7, 11) is -3.92. The fourth-order valence-corrected chi connectivity index (χ4v) is 3.15. The van der Waals surface area contributed by atoms with Crippen LogP contribution in [0.5, 0.6) is 0 Å². The summed E-state index contributed by atoms with van der Waals surface area (Å²) >= 11 is 0. The zero-order chi connectivity index (χ0) is 9.24. The number of ether oxygens (including phenoxy) is 1. The Kier molecular flexibility index (Phi) is 3.09. The van der Waals surface area contributed by atoms with Gasteiger partial charge in [0.1, 0.15) is 0 Å². The molecule has 5 nitrogen and oxygen atoms in total. The summed E-state index contributed by atoms with van der Waals surface area (Å²) < 4.78 is 20.3. The van der Waals surface area contributed by atoms with Crippen molar-refractivity contribution in [3.63, 3.8) is 0 Å². The fraction of sp³-hybridized carbons (Fsp3) is 1.00. The Morgan fingerprint density at radius 3 is 2.58 bits per heavy atom. The van der Waals surface area contributed by atoms with Crippen LogP contribution in [-0.4, -0.2) is 32.0 Å². The Hall–Kier alpha value is 0.287. The van der Waals surface area contributed by atoms with Gasteiger partial charge in [-0.2, -0.15) is 0 Å². The van der Waals surface area contributed by atoms with E-state index in [4.69, 9.17) is 14.5 Å². The van der Waals surface area contributed by atoms with Crippen LogP contribution in [0.1, 0.15) is 19.3 Å². The van der Waals surface area contributed by atoms with Gasteiger partial charge < -0.3 is 14.5 Å². The molecule has 1 aliphatic heterocycles. The second kappa shape index (κ2) is 3.57. The maximum absolute atomic E-state index is 10.5. The van der Waals surface area contributed by atoms with Gasteiger partial charge in [-0.25, -0.2) is 4.57 Å². The molecule has 0 aromatic rings. The lowest BCUT2D eigenvalue weighted by atomic mass is 10.2. The van der Waals surface area contributed by atoms with Gasteiger partial charge >= 0.3 is 7.82 Å². The van der Waals surface area contributed by atoms with Crippen LogP contribution in [0.15, 0.2) is 0 Å². The van der Waals surface area contributed by atoms with Gasteiger partial charge in [-0.05, 0) is 19.3 Å². The lowest BCUT2D eigenvalue weighted by Crippen LogP contribution is -2.38. The van der Waals surface area contributed by atoms with Crippen LogP contribution in [0.3, 0.4) is 0 Å². The summed E-state index contributed by atoms with van der Waals surface area (Å²) in [5.41, 5.74) is -0.961. The number of rotatable bonds is 2. The molecule has 12 heavy (non-hydrogen) atoms. The second-order valence-corrected chi connectivity index (χ2v) is 5.71. The average molecular weight is 212 g/mol. The molecule has 1 fully saturated rings. The Balaban J connectivity index is 2.53. The van der Waals surface area contributed by atoms with Crippen LogP contribution in [-0.2, 0) is 13.8 Å². The smallest absolute Gasteiger partial charge is 0.354 e. The third kappa shape index (κ3) is 3.34. The molecule has 0 amide bonds. The normalized spacial score (nSPS) is 32.2.